The van der Waals surface area contributed by atoms with Gasteiger partial charge in [-0.25, -0.2) is 14.8 Å². The minimum Gasteiger partial charge on any atom is -0.459 e. The van der Waals surface area contributed by atoms with Gasteiger partial charge in [0.1, 0.15) is 5.56 Å². The van der Waals surface area contributed by atoms with Gasteiger partial charge in [0.2, 0.25) is 0 Å². The van der Waals surface area contributed by atoms with Gasteiger partial charge in [-0.3, -0.25) is 4.79 Å². The summed E-state index contributed by atoms with van der Waals surface area (Å²) < 4.78 is 5.35. The van der Waals surface area contributed by atoms with E-state index >= 15 is 0 Å². The van der Waals surface area contributed by atoms with Gasteiger partial charge in [-0.15, -0.1) is 0 Å². The Bertz CT molecular complexity index is 1010. The number of rotatable bonds is 5. The summed E-state index contributed by atoms with van der Waals surface area (Å²) in [4.78, 5) is 32.8. The standard InChI is InChI=1S/C21H21N3O3/c1-12(2)27-21(26)18-11-22-20-17(10-5-13(3)23-20)19(18)24-16-8-6-15(7-9-16)14(4)25/h5-12H,1-4H3,(H,22,23,24). The van der Waals surface area contributed by atoms with Crippen molar-refractivity contribution in [2.24, 2.45) is 0 Å². The van der Waals surface area contributed by atoms with Crippen molar-refractivity contribution >= 4 is 34.2 Å². The van der Waals surface area contributed by atoms with Crippen molar-refractivity contribution in [1.29, 1.82) is 0 Å². The van der Waals surface area contributed by atoms with E-state index < -0.39 is 5.97 Å². The van der Waals surface area contributed by atoms with Crippen LogP contribution in [0.4, 0.5) is 11.4 Å². The maximum absolute atomic E-state index is 12.6. The van der Waals surface area contributed by atoms with Crippen molar-refractivity contribution in [2.75, 3.05) is 5.32 Å². The van der Waals surface area contributed by atoms with Crippen molar-refractivity contribution in [3.8, 4) is 0 Å². The molecule has 3 rings (SSSR count). The Morgan fingerprint density at radius 1 is 1.07 bits per heavy atom. The monoisotopic (exact) mass is 363 g/mol. The van der Waals surface area contributed by atoms with Crippen LogP contribution in [-0.4, -0.2) is 27.8 Å². The molecule has 0 aliphatic carbocycles. The van der Waals surface area contributed by atoms with Gasteiger partial charge in [0, 0.05) is 28.5 Å². The summed E-state index contributed by atoms with van der Waals surface area (Å²) in [6.07, 6.45) is 1.23. The number of pyridine rings is 2. The fraction of sp³-hybridized carbons (Fsp3) is 0.238. The van der Waals surface area contributed by atoms with Crippen LogP contribution in [0.3, 0.4) is 0 Å². The van der Waals surface area contributed by atoms with E-state index in [-0.39, 0.29) is 11.9 Å². The van der Waals surface area contributed by atoms with Crippen LogP contribution in [-0.2, 0) is 4.74 Å². The molecule has 0 aliphatic rings. The van der Waals surface area contributed by atoms with Gasteiger partial charge in [-0.2, -0.15) is 0 Å². The van der Waals surface area contributed by atoms with Crippen LogP contribution in [0.1, 0.15) is 47.2 Å². The number of anilines is 2. The van der Waals surface area contributed by atoms with Gasteiger partial charge in [0.05, 0.1) is 11.8 Å². The SMILES string of the molecule is CC(=O)c1ccc(Nc2c(C(=O)OC(C)C)cnc3nc(C)ccc23)cc1. The molecular weight excluding hydrogens is 342 g/mol. The zero-order valence-electron chi connectivity index (χ0n) is 15.7. The lowest BCUT2D eigenvalue weighted by molar-refractivity contribution is 0.0378. The zero-order valence-corrected chi connectivity index (χ0v) is 15.7. The van der Waals surface area contributed by atoms with Crippen molar-refractivity contribution in [3.05, 3.63) is 59.4 Å². The van der Waals surface area contributed by atoms with E-state index in [2.05, 4.69) is 15.3 Å². The third-order valence-electron chi connectivity index (χ3n) is 3.99. The Kier molecular flexibility index (Phi) is 5.16. The molecule has 1 aromatic carbocycles. The van der Waals surface area contributed by atoms with E-state index in [0.717, 1.165) is 16.8 Å². The summed E-state index contributed by atoms with van der Waals surface area (Å²) in [6, 6.07) is 10.8. The average molecular weight is 363 g/mol. The second-order valence-electron chi connectivity index (χ2n) is 6.58. The summed E-state index contributed by atoms with van der Waals surface area (Å²) in [6.45, 7) is 7.00. The maximum Gasteiger partial charge on any atom is 0.342 e. The highest BCUT2D eigenvalue weighted by Gasteiger charge is 2.19. The average Bonchev–Trinajstić information content (AvgIpc) is 2.61. The number of esters is 1. The molecule has 0 radical (unpaired) electrons. The molecule has 0 saturated carbocycles. The molecule has 0 bridgehead atoms. The van der Waals surface area contributed by atoms with Crippen LogP contribution in [0.15, 0.2) is 42.6 Å². The number of aromatic nitrogens is 2. The summed E-state index contributed by atoms with van der Waals surface area (Å²) >= 11 is 0. The summed E-state index contributed by atoms with van der Waals surface area (Å²) in [5.41, 5.74) is 3.65. The maximum atomic E-state index is 12.6. The van der Waals surface area contributed by atoms with Crippen LogP contribution in [0, 0.1) is 6.92 Å². The molecular formula is C21H21N3O3. The van der Waals surface area contributed by atoms with E-state index in [0.29, 0.717) is 22.5 Å². The number of ketones is 1. The first kappa shape index (κ1) is 18.5. The molecule has 0 fully saturated rings. The van der Waals surface area contributed by atoms with Crippen LogP contribution in [0.2, 0.25) is 0 Å². The summed E-state index contributed by atoms with van der Waals surface area (Å²) in [5.74, 6) is -0.459. The Balaban J connectivity index is 2.09. The number of carbonyl (C=O) groups is 2. The second-order valence-corrected chi connectivity index (χ2v) is 6.58. The molecule has 2 heterocycles. The minimum atomic E-state index is -0.456. The Hall–Kier alpha value is -3.28. The molecule has 0 saturated heterocycles. The minimum absolute atomic E-state index is 0.00298. The molecule has 3 aromatic rings. The zero-order chi connectivity index (χ0) is 19.6. The Labute approximate surface area is 157 Å². The molecule has 27 heavy (non-hydrogen) atoms. The fourth-order valence-corrected chi connectivity index (χ4v) is 2.67. The largest absolute Gasteiger partial charge is 0.459 e. The predicted molar refractivity (Wildman–Crippen MR) is 105 cm³/mol. The number of Topliss-reactive ketones (excluding diaryl/α,β-unsaturated/α-hetero) is 1. The molecule has 138 valence electrons. The third kappa shape index (κ3) is 4.11. The Morgan fingerprint density at radius 2 is 1.78 bits per heavy atom. The molecule has 2 aromatic heterocycles. The highest BCUT2D eigenvalue weighted by atomic mass is 16.5. The number of fused-ring (bicyclic) bond motifs is 1. The smallest absolute Gasteiger partial charge is 0.342 e. The molecule has 0 unspecified atom stereocenters. The van der Waals surface area contributed by atoms with Crippen LogP contribution in [0.5, 0.6) is 0 Å². The summed E-state index contributed by atoms with van der Waals surface area (Å²) in [5, 5.41) is 3.98. The topological polar surface area (TPSA) is 81.2 Å². The van der Waals surface area contributed by atoms with Gasteiger partial charge in [-0.1, -0.05) is 0 Å². The quantitative estimate of drug-likeness (QED) is 0.533. The fourth-order valence-electron chi connectivity index (χ4n) is 2.67. The van der Waals surface area contributed by atoms with Gasteiger partial charge in [0.25, 0.3) is 0 Å². The number of nitrogens with one attached hydrogen (secondary N) is 1. The highest BCUT2D eigenvalue weighted by Crippen LogP contribution is 2.29. The van der Waals surface area contributed by atoms with Crippen molar-refractivity contribution in [3.63, 3.8) is 0 Å². The highest BCUT2D eigenvalue weighted by molar-refractivity contribution is 6.05. The van der Waals surface area contributed by atoms with Crippen LogP contribution in [0.25, 0.3) is 11.0 Å². The lowest BCUT2D eigenvalue weighted by Crippen LogP contribution is -2.14. The number of nitrogens with zero attached hydrogens (tertiary/aromatic N) is 2. The lowest BCUT2D eigenvalue weighted by atomic mass is 10.1. The third-order valence-corrected chi connectivity index (χ3v) is 3.99. The first-order chi connectivity index (χ1) is 12.8. The van der Waals surface area contributed by atoms with E-state index in [1.165, 1.54) is 13.1 Å². The molecule has 6 nitrogen and oxygen atoms in total. The van der Waals surface area contributed by atoms with Gasteiger partial charge in [0.15, 0.2) is 11.4 Å². The number of benzene rings is 1. The van der Waals surface area contributed by atoms with Crippen molar-refractivity contribution in [1.82, 2.24) is 9.97 Å². The van der Waals surface area contributed by atoms with E-state index in [1.54, 1.807) is 38.1 Å². The number of hydrogen-bond acceptors (Lipinski definition) is 6. The normalized spacial score (nSPS) is 10.9. The molecule has 0 spiro atoms. The lowest BCUT2D eigenvalue weighted by Gasteiger charge is -2.15. The van der Waals surface area contributed by atoms with Crippen molar-refractivity contribution < 1.29 is 14.3 Å². The molecule has 0 amide bonds. The van der Waals surface area contributed by atoms with Gasteiger partial charge >= 0.3 is 5.97 Å². The summed E-state index contributed by atoms with van der Waals surface area (Å²) in [7, 11) is 0. The van der Waals surface area contributed by atoms with Gasteiger partial charge in [-0.05, 0) is 64.1 Å². The van der Waals surface area contributed by atoms with E-state index in [9.17, 15) is 9.59 Å². The molecule has 1 N–H and O–H groups in total. The Morgan fingerprint density at radius 3 is 2.41 bits per heavy atom. The molecule has 0 atom stereocenters. The number of ether oxygens (including phenoxy) is 1. The van der Waals surface area contributed by atoms with E-state index in [1.807, 2.05) is 19.1 Å². The van der Waals surface area contributed by atoms with E-state index in [4.69, 9.17) is 4.74 Å². The first-order valence-corrected chi connectivity index (χ1v) is 8.70. The number of aryl methyl sites for hydroxylation is 1. The van der Waals surface area contributed by atoms with Crippen LogP contribution < -0.4 is 5.32 Å². The molecule has 0 aliphatic heterocycles. The number of carbonyl (C=O) groups excluding carboxylic acids is 2. The van der Waals surface area contributed by atoms with Crippen LogP contribution >= 0.6 is 0 Å². The molecule has 6 heteroatoms. The first-order valence-electron chi connectivity index (χ1n) is 8.70. The predicted octanol–water partition coefficient (Wildman–Crippen LogP) is 4.45. The number of hydrogen-bond donors (Lipinski definition) is 1. The van der Waals surface area contributed by atoms with Crippen molar-refractivity contribution in [2.45, 2.75) is 33.8 Å². The second kappa shape index (κ2) is 7.53. The van der Waals surface area contributed by atoms with Gasteiger partial charge < -0.3 is 10.1 Å².